The van der Waals surface area contributed by atoms with E-state index in [1.807, 2.05) is 32.9 Å². The van der Waals surface area contributed by atoms with E-state index in [1.165, 1.54) is 4.90 Å². The van der Waals surface area contributed by atoms with Gasteiger partial charge in [0, 0.05) is 12.7 Å². The molecule has 29 heavy (non-hydrogen) atoms. The van der Waals surface area contributed by atoms with E-state index in [0.717, 1.165) is 22.4 Å². The molecule has 0 bridgehead atoms. The van der Waals surface area contributed by atoms with E-state index in [9.17, 15) is 9.59 Å². The summed E-state index contributed by atoms with van der Waals surface area (Å²) in [7, 11) is 1.61. The Hall–Kier alpha value is -2.73. The van der Waals surface area contributed by atoms with Crippen molar-refractivity contribution in [2.45, 2.75) is 27.2 Å². The summed E-state index contributed by atoms with van der Waals surface area (Å²) in [6.45, 7) is 6.78. The van der Waals surface area contributed by atoms with Crippen molar-refractivity contribution < 1.29 is 19.1 Å². The average molecular weight is 417 g/mol. The minimum absolute atomic E-state index is 0.0378. The number of aryl methyl sites for hydroxylation is 3. The quantitative estimate of drug-likeness (QED) is 0.807. The van der Waals surface area contributed by atoms with Crippen molar-refractivity contribution in [2.75, 3.05) is 32.1 Å². The third-order valence-corrected chi connectivity index (χ3v) is 5.04. The number of hydrogen-bond acceptors (Lipinski definition) is 4. The van der Waals surface area contributed by atoms with Crippen LogP contribution in [0.1, 0.15) is 22.3 Å². The predicted molar refractivity (Wildman–Crippen MR) is 113 cm³/mol. The minimum atomic E-state index is -0.240. The van der Waals surface area contributed by atoms with E-state index < -0.39 is 0 Å². The highest BCUT2D eigenvalue weighted by Gasteiger charge is 2.20. The highest BCUT2D eigenvalue weighted by molar-refractivity contribution is 6.32. The molecule has 1 N–H and O–H groups in total. The van der Waals surface area contributed by atoms with E-state index in [0.29, 0.717) is 35.3 Å². The largest absolute Gasteiger partial charge is 0.486 e. The average Bonchev–Trinajstić information content (AvgIpc) is 2.64. The van der Waals surface area contributed by atoms with Gasteiger partial charge in [0.25, 0.3) is 0 Å². The van der Waals surface area contributed by atoms with Crippen LogP contribution in [0, 0.1) is 20.8 Å². The number of ether oxygens (including phenoxy) is 2. The van der Waals surface area contributed by atoms with Crippen LogP contribution >= 0.6 is 11.6 Å². The van der Waals surface area contributed by atoms with E-state index in [1.54, 1.807) is 19.2 Å². The summed E-state index contributed by atoms with van der Waals surface area (Å²) in [4.78, 5) is 26.4. The standard InChI is InChI=1S/C22H25ClN2O4/c1-13-7-14(2)21(15(3)8-13)24-19(26)12-25(4)20(27)11-16-9-17(23)22-18(10-16)28-5-6-29-22/h7-10H,5-6,11-12H2,1-4H3,(H,24,26). The van der Waals surface area contributed by atoms with Crippen LogP contribution in [0.25, 0.3) is 0 Å². The van der Waals surface area contributed by atoms with Crippen molar-refractivity contribution in [2.24, 2.45) is 0 Å². The summed E-state index contributed by atoms with van der Waals surface area (Å²) in [6.07, 6.45) is 0.114. The molecule has 1 aliphatic rings. The zero-order valence-electron chi connectivity index (χ0n) is 17.1. The van der Waals surface area contributed by atoms with Crippen LogP contribution in [0.5, 0.6) is 11.5 Å². The number of nitrogens with zero attached hydrogens (tertiary/aromatic N) is 1. The smallest absolute Gasteiger partial charge is 0.243 e. The number of hydrogen-bond donors (Lipinski definition) is 1. The Bertz CT molecular complexity index is 935. The Morgan fingerprint density at radius 2 is 1.72 bits per heavy atom. The zero-order valence-corrected chi connectivity index (χ0v) is 17.9. The maximum Gasteiger partial charge on any atom is 0.243 e. The molecule has 0 saturated heterocycles. The molecule has 0 spiro atoms. The zero-order chi connectivity index (χ0) is 21.1. The molecule has 0 fully saturated rings. The first-order chi connectivity index (χ1) is 13.7. The second kappa shape index (κ2) is 8.74. The molecule has 7 heteroatoms. The van der Waals surface area contributed by atoms with Crippen LogP contribution in [0.4, 0.5) is 5.69 Å². The molecular weight excluding hydrogens is 392 g/mol. The Balaban J connectivity index is 1.62. The van der Waals surface area contributed by atoms with Gasteiger partial charge in [0.2, 0.25) is 11.8 Å². The van der Waals surface area contributed by atoms with Crippen LogP contribution in [-0.2, 0) is 16.0 Å². The van der Waals surface area contributed by atoms with Gasteiger partial charge in [0.15, 0.2) is 11.5 Å². The molecule has 0 saturated carbocycles. The fourth-order valence-electron chi connectivity index (χ4n) is 3.44. The van der Waals surface area contributed by atoms with Crippen molar-refractivity contribution in [3.8, 4) is 11.5 Å². The molecule has 3 rings (SSSR count). The molecule has 154 valence electrons. The monoisotopic (exact) mass is 416 g/mol. The molecule has 0 unspecified atom stereocenters. The first-order valence-corrected chi connectivity index (χ1v) is 9.82. The Labute approximate surface area is 175 Å². The van der Waals surface area contributed by atoms with Crippen molar-refractivity contribution in [3.63, 3.8) is 0 Å². The second-order valence-corrected chi connectivity index (χ2v) is 7.76. The number of fused-ring (bicyclic) bond motifs is 1. The van der Waals surface area contributed by atoms with E-state index in [-0.39, 0.29) is 24.8 Å². The number of carbonyl (C=O) groups excluding carboxylic acids is 2. The van der Waals surface area contributed by atoms with Crippen LogP contribution in [0.3, 0.4) is 0 Å². The van der Waals surface area contributed by atoms with Crippen molar-refractivity contribution in [3.05, 3.63) is 51.5 Å². The summed E-state index contributed by atoms with van der Waals surface area (Å²) in [5.41, 5.74) is 4.64. The molecule has 1 aliphatic heterocycles. The lowest BCUT2D eigenvalue weighted by molar-refractivity contribution is -0.132. The van der Waals surface area contributed by atoms with Gasteiger partial charge in [-0.25, -0.2) is 0 Å². The molecule has 0 aliphatic carbocycles. The fraction of sp³-hybridized carbons (Fsp3) is 0.364. The molecule has 0 aromatic heterocycles. The number of anilines is 1. The Morgan fingerprint density at radius 1 is 1.07 bits per heavy atom. The maximum absolute atomic E-state index is 12.6. The summed E-state index contributed by atoms with van der Waals surface area (Å²) < 4.78 is 11.0. The molecule has 6 nitrogen and oxygen atoms in total. The number of rotatable bonds is 5. The third kappa shape index (κ3) is 5.01. The lowest BCUT2D eigenvalue weighted by Gasteiger charge is -2.21. The molecule has 2 aromatic rings. The van der Waals surface area contributed by atoms with Gasteiger partial charge in [-0.05, 0) is 49.6 Å². The Kier molecular flexibility index (Phi) is 6.33. The van der Waals surface area contributed by atoms with E-state index in [2.05, 4.69) is 5.32 Å². The van der Waals surface area contributed by atoms with Gasteiger partial charge in [-0.2, -0.15) is 0 Å². The SMILES string of the molecule is Cc1cc(C)c(NC(=O)CN(C)C(=O)Cc2cc(Cl)c3c(c2)OCCO3)c(C)c1. The first kappa shape index (κ1) is 21.0. The second-order valence-electron chi connectivity index (χ2n) is 7.35. The van der Waals surface area contributed by atoms with Gasteiger partial charge >= 0.3 is 0 Å². The summed E-state index contributed by atoms with van der Waals surface area (Å²) >= 11 is 6.23. The van der Waals surface area contributed by atoms with Crippen LogP contribution < -0.4 is 14.8 Å². The number of amides is 2. The topological polar surface area (TPSA) is 67.9 Å². The molecule has 0 atom stereocenters. The molecule has 0 radical (unpaired) electrons. The van der Waals surface area contributed by atoms with Gasteiger partial charge in [0.05, 0.1) is 18.0 Å². The van der Waals surface area contributed by atoms with Crippen molar-refractivity contribution in [1.29, 1.82) is 0 Å². The third-order valence-electron chi connectivity index (χ3n) is 4.76. The van der Waals surface area contributed by atoms with Crippen molar-refractivity contribution >= 4 is 29.1 Å². The normalized spacial score (nSPS) is 12.4. The molecule has 1 heterocycles. The first-order valence-electron chi connectivity index (χ1n) is 9.44. The number of likely N-dealkylation sites (N-methyl/N-ethyl adjacent to an activating group) is 1. The maximum atomic E-state index is 12.6. The predicted octanol–water partition coefficient (Wildman–Crippen LogP) is 3.68. The Morgan fingerprint density at radius 3 is 2.41 bits per heavy atom. The summed E-state index contributed by atoms with van der Waals surface area (Å²) in [5, 5.41) is 3.33. The van der Waals surface area contributed by atoms with Crippen LogP contribution in [0.2, 0.25) is 5.02 Å². The van der Waals surface area contributed by atoms with Crippen LogP contribution in [0.15, 0.2) is 24.3 Å². The number of carbonyl (C=O) groups is 2. The number of benzene rings is 2. The van der Waals surface area contributed by atoms with Gasteiger partial charge in [-0.3, -0.25) is 9.59 Å². The lowest BCUT2D eigenvalue weighted by atomic mass is 10.1. The molecular formula is C22H25ClN2O4. The highest BCUT2D eigenvalue weighted by atomic mass is 35.5. The van der Waals surface area contributed by atoms with Crippen molar-refractivity contribution in [1.82, 2.24) is 4.90 Å². The fourth-order valence-corrected chi connectivity index (χ4v) is 3.72. The minimum Gasteiger partial charge on any atom is -0.486 e. The van der Waals surface area contributed by atoms with Gasteiger partial charge < -0.3 is 19.7 Å². The summed E-state index contributed by atoms with van der Waals surface area (Å²) in [5.74, 6) is 0.615. The molecule has 2 aromatic carbocycles. The number of nitrogens with one attached hydrogen (secondary N) is 1. The van der Waals surface area contributed by atoms with Crippen LogP contribution in [-0.4, -0.2) is 43.5 Å². The lowest BCUT2D eigenvalue weighted by Crippen LogP contribution is -2.36. The van der Waals surface area contributed by atoms with E-state index in [4.69, 9.17) is 21.1 Å². The van der Waals surface area contributed by atoms with E-state index >= 15 is 0 Å². The number of halogens is 1. The van der Waals surface area contributed by atoms with Gasteiger partial charge in [-0.15, -0.1) is 0 Å². The highest BCUT2D eigenvalue weighted by Crippen LogP contribution is 2.38. The van der Waals surface area contributed by atoms with Gasteiger partial charge in [-0.1, -0.05) is 29.3 Å². The molecule has 2 amide bonds. The van der Waals surface area contributed by atoms with Gasteiger partial charge in [0.1, 0.15) is 13.2 Å². The summed E-state index contributed by atoms with van der Waals surface area (Å²) in [6, 6.07) is 7.48.